The molecule has 0 N–H and O–H groups in total. The standard InChI is InChI=1S/C21H28N6O2/c1-14-12-23-18(13-22-14)21(28)27-6-4-17(5-7-27)19-24-16(3)15(2)20(25-19)26-8-10-29-11-9-26/h12-13,17H,4-11H2,1-3H3. The molecule has 1 amide bonds. The van der Waals surface area contributed by atoms with Crippen LogP contribution >= 0.6 is 0 Å². The molecule has 0 radical (unpaired) electrons. The van der Waals surface area contributed by atoms with E-state index < -0.39 is 0 Å². The minimum absolute atomic E-state index is 0.0500. The normalized spacial score (nSPS) is 18.2. The number of likely N-dealkylation sites (tertiary alicyclic amines) is 1. The van der Waals surface area contributed by atoms with E-state index in [1.54, 1.807) is 12.4 Å². The number of piperidine rings is 1. The average Bonchev–Trinajstić information content (AvgIpc) is 2.76. The Morgan fingerprint density at radius 3 is 2.38 bits per heavy atom. The van der Waals surface area contributed by atoms with Crippen molar-refractivity contribution in [3.8, 4) is 0 Å². The van der Waals surface area contributed by atoms with Gasteiger partial charge in [0.2, 0.25) is 0 Å². The number of carbonyl (C=O) groups excluding carboxylic acids is 1. The Bertz CT molecular complexity index is 871. The SMILES string of the molecule is Cc1cnc(C(=O)N2CCC(c3nc(C)c(C)c(N4CCOCC4)n3)CC2)cn1. The van der Waals surface area contributed by atoms with E-state index in [1.165, 1.54) is 0 Å². The summed E-state index contributed by atoms with van der Waals surface area (Å²) >= 11 is 0. The molecule has 2 saturated heterocycles. The number of aryl methyl sites for hydroxylation is 2. The second-order valence-corrected chi connectivity index (χ2v) is 7.82. The minimum Gasteiger partial charge on any atom is -0.378 e. The highest BCUT2D eigenvalue weighted by molar-refractivity contribution is 5.92. The summed E-state index contributed by atoms with van der Waals surface area (Å²) in [7, 11) is 0. The summed E-state index contributed by atoms with van der Waals surface area (Å²) in [6.07, 6.45) is 4.91. The number of hydrogen-bond acceptors (Lipinski definition) is 7. The molecule has 0 spiro atoms. The Balaban J connectivity index is 1.46. The lowest BCUT2D eigenvalue weighted by Gasteiger charge is -2.33. The van der Waals surface area contributed by atoms with E-state index in [1.807, 2.05) is 11.8 Å². The van der Waals surface area contributed by atoms with Crippen LogP contribution in [0.1, 0.15) is 52.0 Å². The zero-order valence-corrected chi connectivity index (χ0v) is 17.4. The zero-order chi connectivity index (χ0) is 20.4. The molecule has 4 rings (SSSR count). The summed E-state index contributed by atoms with van der Waals surface area (Å²) in [6, 6.07) is 0. The number of aromatic nitrogens is 4. The molecule has 154 valence electrons. The molecular formula is C21H28N6O2. The third-order valence-electron chi connectivity index (χ3n) is 5.84. The molecule has 0 aromatic carbocycles. The van der Waals surface area contributed by atoms with Gasteiger partial charge in [-0.25, -0.2) is 15.0 Å². The van der Waals surface area contributed by atoms with Gasteiger partial charge >= 0.3 is 0 Å². The molecule has 0 atom stereocenters. The van der Waals surface area contributed by atoms with Crippen LogP contribution in [0.2, 0.25) is 0 Å². The van der Waals surface area contributed by atoms with Gasteiger partial charge in [-0.2, -0.15) is 0 Å². The van der Waals surface area contributed by atoms with Crippen LogP contribution in [0.5, 0.6) is 0 Å². The quantitative estimate of drug-likeness (QED) is 0.785. The van der Waals surface area contributed by atoms with Gasteiger partial charge in [0.25, 0.3) is 5.91 Å². The highest BCUT2D eigenvalue weighted by atomic mass is 16.5. The lowest BCUT2D eigenvalue weighted by Crippen LogP contribution is -2.39. The Labute approximate surface area is 171 Å². The Morgan fingerprint density at radius 1 is 1.00 bits per heavy atom. The van der Waals surface area contributed by atoms with Crippen LogP contribution in [0.15, 0.2) is 12.4 Å². The fourth-order valence-corrected chi connectivity index (χ4v) is 3.91. The predicted octanol–water partition coefficient (Wildman–Crippen LogP) is 2.05. The molecule has 8 heteroatoms. The van der Waals surface area contributed by atoms with Crippen molar-refractivity contribution in [2.45, 2.75) is 39.5 Å². The molecular weight excluding hydrogens is 368 g/mol. The van der Waals surface area contributed by atoms with Crippen molar-refractivity contribution in [2.24, 2.45) is 0 Å². The first-order valence-electron chi connectivity index (χ1n) is 10.3. The molecule has 0 saturated carbocycles. The summed E-state index contributed by atoms with van der Waals surface area (Å²) in [6.45, 7) is 10.6. The number of anilines is 1. The van der Waals surface area contributed by atoms with Gasteiger partial charge < -0.3 is 14.5 Å². The molecule has 2 aromatic rings. The molecule has 0 unspecified atom stereocenters. The Kier molecular flexibility index (Phi) is 5.71. The van der Waals surface area contributed by atoms with E-state index in [2.05, 4.69) is 28.7 Å². The fraction of sp³-hybridized carbons (Fsp3) is 0.571. The predicted molar refractivity (Wildman–Crippen MR) is 109 cm³/mol. The van der Waals surface area contributed by atoms with Crippen molar-refractivity contribution in [3.63, 3.8) is 0 Å². The number of amides is 1. The van der Waals surface area contributed by atoms with Crippen LogP contribution in [0, 0.1) is 20.8 Å². The van der Waals surface area contributed by atoms with Gasteiger partial charge in [0.15, 0.2) is 0 Å². The van der Waals surface area contributed by atoms with E-state index in [9.17, 15) is 4.79 Å². The van der Waals surface area contributed by atoms with Crippen LogP contribution < -0.4 is 4.90 Å². The van der Waals surface area contributed by atoms with Crippen LogP contribution in [-0.4, -0.2) is 70.1 Å². The third-order valence-corrected chi connectivity index (χ3v) is 5.84. The first-order valence-corrected chi connectivity index (χ1v) is 10.3. The van der Waals surface area contributed by atoms with Gasteiger partial charge in [-0.15, -0.1) is 0 Å². The Hall–Kier alpha value is -2.61. The number of morpholine rings is 1. The van der Waals surface area contributed by atoms with Crippen molar-refractivity contribution in [2.75, 3.05) is 44.3 Å². The van der Waals surface area contributed by atoms with Crippen molar-refractivity contribution < 1.29 is 9.53 Å². The lowest BCUT2D eigenvalue weighted by molar-refractivity contribution is 0.0704. The maximum Gasteiger partial charge on any atom is 0.274 e. The third kappa shape index (κ3) is 4.22. The zero-order valence-electron chi connectivity index (χ0n) is 17.4. The number of carbonyl (C=O) groups is 1. The van der Waals surface area contributed by atoms with E-state index in [0.717, 1.165) is 67.7 Å². The van der Waals surface area contributed by atoms with Gasteiger partial charge in [-0.3, -0.25) is 9.78 Å². The van der Waals surface area contributed by atoms with E-state index in [4.69, 9.17) is 14.7 Å². The first kappa shape index (κ1) is 19.7. The molecule has 0 bridgehead atoms. The summed E-state index contributed by atoms with van der Waals surface area (Å²) < 4.78 is 5.48. The van der Waals surface area contributed by atoms with E-state index in [0.29, 0.717) is 18.8 Å². The van der Waals surface area contributed by atoms with Gasteiger partial charge in [-0.1, -0.05) is 0 Å². The number of rotatable bonds is 3. The summed E-state index contributed by atoms with van der Waals surface area (Å²) in [5.74, 6) is 2.15. The molecule has 8 nitrogen and oxygen atoms in total. The summed E-state index contributed by atoms with van der Waals surface area (Å²) in [5.41, 5.74) is 3.39. The van der Waals surface area contributed by atoms with Crippen molar-refractivity contribution in [1.82, 2.24) is 24.8 Å². The molecule has 29 heavy (non-hydrogen) atoms. The van der Waals surface area contributed by atoms with E-state index in [-0.39, 0.29) is 11.8 Å². The monoisotopic (exact) mass is 396 g/mol. The second-order valence-electron chi connectivity index (χ2n) is 7.82. The number of ether oxygens (including phenoxy) is 1. The fourth-order valence-electron chi connectivity index (χ4n) is 3.91. The number of nitrogens with zero attached hydrogens (tertiary/aromatic N) is 6. The van der Waals surface area contributed by atoms with Crippen LogP contribution in [0.3, 0.4) is 0 Å². The molecule has 2 aromatic heterocycles. The highest BCUT2D eigenvalue weighted by Gasteiger charge is 2.28. The first-order chi connectivity index (χ1) is 14.0. The molecule has 4 heterocycles. The molecule has 2 aliphatic rings. The summed E-state index contributed by atoms with van der Waals surface area (Å²) in [4.78, 5) is 35.0. The molecule has 2 fully saturated rings. The van der Waals surface area contributed by atoms with Crippen molar-refractivity contribution >= 4 is 11.7 Å². The lowest BCUT2D eigenvalue weighted by atomic mass is 9.95. The van der Waals surface area contributed by atoms with Crippen molar-refractivity contribution in [1.29, 1.82) is 0 Å². The number of hydrogen-bond donors (Lipinski definition) is 0. The van der Waals surface area contributed by atoms with Crippen LogP contribution in [0.4, 0.5) is 5.82 Å². The minimum atomic E-state index is -0.0500. The molecule has 0 aliphatic carbocycles. The van der Waals surface area contributed by atoms with Crippen LogP contribution in [0.25, 0.3) is 0 Å². The average molecular weight is 396 g/mol. The topological polar surface area (TPSA) is 84.3 Å². The summed E-state index contributed by atoms with van der Waals surface area (Å²) in [5, 5.41) is 0. The van der Waals surface area contributed by atoms with Gasteiger partial charge in [0, 0.05) is 49.6 Å². The highest BCUT2D eigenvalue weighted by Crippen LogP contribution is 2.30. The largest absolute Gasteiger partial charge is 0.378 e. The van der Waals surface area contributed by atoms with E-state index >= 15 is 0 Å². The van der Waals surface area contributed by atoms with Gasteiger partial charge in [0.05, 0.1) is 25.1 Å². The van der Waals surface area contributed by atoms with Gasteiger partial charge in [0.1, 0.15) is 17.3 Å². The Morgan fingerprint density at radius 2 is 1.72 bits per heavy atom. The van der Waals surface area contributed by atoms with Crippen LogP contribution in [-0.2, 0) is 4.74 Å². The maximum absolute atomic E-state index is 12.7. The van der Waals surface area contributed by atoms with Crippen molar-refractivity contribution in [3.05, 3.63) is 40.9 Å². The molecule has 2 aliphatic heterocycles. The second kappa shape index (κ2) is 8.41. The van der Waals surface area contributed by atoms with Gasteiger partial charge in [-0.05, 0) is 33.6 Å². The smallest absolute Gasteiger partial charge is 0.274 e. The maximum atomic E-state index is 12.7.